The molecule has 0 atom stereocenters. The number of aromatic nitrogens is 1. The summed E-state index contributed by atoms with van der Waals surface area (Å²) in [6.45, 7) is 7.20. The van der Waals surface area contributed by atoms with Crippen LogP contribution in [0.1, 0.15) is 24.3 Å². The number of halogens is 1. The van der Waals surface area contributed by atoms with Crippen LogP contribution in [0.15, 0.2) is 30.5 Å². The number of morpholine rings is 1. The molecular weight excluding hydrogens is 340 g/mol. The summed E-state index contributed by atoms with van der Waals surface area (Å²) in [4.78, 5) is 17.9. The van der Waals surface area contributed by atoms with Crippen molar-refractivity contribution in [3.05, 3.63) is 41.2 Å². The number of nitrogens with one attached hydrogen (secondary N) is 1. The van der Waals surface area contributed by atoms with Crippen molar-refractivity contribution in [1.29, 1.82) is 0 Å². The van der Waals surface area contributed by atoms with Crippen molar-refractivity contribution >= 4 is 23.3 Å². The molecule has 0 bridgehead atoms. The van der Waals surface area contributed by atoms with Gasteiger partial charge in [0.05, 0.1) is 25.5 Å². The van der Waals surface area contributed by atoms with E-state index < -0.39 is 0 Å². The van der Waals surface area contributed by atoms with Crippen LogP contribution in [0.4, 0.5) is 5.69 Å². The van der Waals surface area contributed by atoms with E-state index in [1.54, 1.807) is 0 Å². The quantitative estimate of drug-likeness (QED) is 0.817. The van der Waals surface area contributed by atoms with Gasteiger partial charge < -0.3 is 19.4 Å². The maximum absolute atomic E-state index is 12.6. The molecule has 0 aliphatic carbocycles. The fourth-order valence-corrected chi connectivity index (χ4v) is 2.98. The second-order valence-corrected chi connectivity index (χ2v) is 6.96. The molecule has 134 valence electrons. The molecule has 2 heterocycles. The zero-order valence-electron chi connectivity index (χ0n) is 14.5. The molecule has 1 fully saturated rings. The molecule has 1 aliphatic rings. The second-order valence-electron chi connectivity index (χ2n) is 6.52. The highest BCUT2D eigenvalue weighted by Gasteiger charge is 2.25. The number of carbonyl (C=O) groups excluding carboxylic acids is 1. The van der Waals surface area contributed by atoms with Crippen LogP contribution in [-0.2, 0) is 9.47 Å². The molecule has 0 spiro atoms. The summed E-state index contributed by atoms with van der Waals surface area (Å²) >= 11 is 6.01. The standard InChI is InChI=1S/C19H23ClN2O3/c1-13(2)12-25-19(23)17-18(22-7-9-24-10-8-22)16(11-21-17)14-3-5-15(20)6-4-14/h3-6,11,13,21H,7-10,12H2,1-2H3. The third kappa shape index (κ3) is 4.17. The average Bonchev–Trinajstić information content (AvgIpc) is 3.06. The number of benzene rings is 1. The lowest BCUT2D eigenvalue weighted by molar-refractivity contribution is 0.0453. The zero-order valence-corrected chi connectivity index (χ0v) is 15.3. The van der Waals surface area contributed by atoms with Crippen LogP contribution in [-0.4, -0.2) is 43.9 Å². The van der Waals surface area contributed by atoms with E-state index in [1.165, 1.54) is 0 Å². The third-order valence-electron chi connectivity index (χ3n) is 4.09. The molecule has 25 heavy (non-hydrogen) atoms. The highest BCUT2D eigenvalue weighted by Crippen LogP contribution is 2.35. The van der Waals surface area contributed by atoms with Crippen LogP contribution >= 0.6 is 11.6 Å². The van der Waals surface area contributed by atoms with Crippen LogP contribution in [0.5, 0.6) is 0 Å². The van der Waals surface area contributed by atoms with Crippen LogP contribution in [0.2, 0.25) is 5.02 Å². The van der Waals surface area contributed by atoms with Gasteiger partial charge in [0, 0.05) is 29.9 Å². The highest BCUT2D eigenvalue weighted by molar-refractivity contribution is 6.30. The number of rotatable bonds is 5. The van der Waals surface area contributed by atoms with Crippen molar-refractivity contribution in [2.45, 2.75) is 13.8 Å². The SMILES string of the molecule is CC(C)COC(=O)c1[nH]cc(-c2ccc(Cl)cc2)c1N1CCOCC1. The van der Waals surface area contributed by atoms with Gasteiger partial charge >= 0.3 is 5.97 Å². The van der Waals surface area contributed by atoms with Gasteiger partial charge in [-0.05, 0) is 23.6 Å². The predicted octanol–water partition coefficient (Wildman–Crippen LogP) is 3.98. The smallest absolute Gasteiger partial charge is 0.356 e. The van der Waals surface area contributed by atoms with Crippen molar-refractivity contribution < 1.29 is 14.3 Å². The molecule has 3 rings (SSSR count). The molecule has 2 aromatic rings. The molecule has 0 unspecified atom stereocenters. The van der Waals surface area contributed by atoms with Gasteiger partial charge in [0.2, 0.25) is 0 Å². The summed E-state index contributed by atoms with van der Waals surface area (Å²) in [5, 5.41) is 0.684. The molecule has 1 aromatic carbocycles. The Morgan fingerprint density at radius 3 is 2.60 bits per heavy atom. The van der Waals surface area contributed by atoms with E-state index in [0.717, 1.165) is 29.9 Å². The van der Waals surface area contributed by atoms with Crippen LogP contribution in [0.25, 0.3) is 11.1 Å². The van der Waals surface area contributed by atoms with Gasteiger partial charge in [-0.1, -0.05) is 37.6 Å². The molecule has 0 amide bonds. The van der Waals surface area contributed by atoms with E-state index >= 15 is 0 Å². The number of H-pyrrole nitrogens is 1. The number of aromatic amines is 1. The maximum atomic E-state index is 12.6. The van der Waals surface area contributed by atoms with Crippen LogP contribution in [0.3, 0.4) is 0 Å². The van der Waals surface area contributed by atoms with E-state index in [2.05, 4.69) is 9.88 Å². The fraction of sp³-hybridized carbons (Fsp3) is 0.421. The largest absolute Gasteiger partial charge is 0.461 e. The lowest BCUT2D eigenvalue weighted by Crippen LogP contribution is -2.37. The Bertz CT molecular complexity index is 719. The van der Waals surface area contributed by atoms with Gasteiger partial charge in [-0.3, -0.25) is 0 Å². The minimum absolute atomic E-state index is 0.293. The highest BCUT2D eigenvalue weighted by atomic mass is 35.5. The maximum Gasteiger partial charge on any atom is 0.356 e. The topological polar surface area (TPSA) is 54.6 Å². The van der Waals surface area contributed by atoms with Gasteiger partial charge in [0.1, 0.15) is 5.69 Å². The summed E-state index contributed by atoms with van der Waals surface area (Å²) in [5.74, 6) is -0.0307. The summed E-state index contributed by atoms with van der Waals surface area (Å²) in [5.41, 5.74) is 3.34. The Morgan fingerprint density at radius 2 is 1.96 bits per heavy atom. The number of carbonyl (C=O) groups is 1. The van der Waals surface area contributed by atoms with Gasteiger partial charge in [0.15, 0.2) is 0 Å². The zero-order chi connectivity index (χ0) is 17.8. The number of esters is 1. The lowest BCUT2D eigenvalue weighted by atomic mass is 10.1. The summed E-state index contributed by atoms with van der Waals surface area (Å²) in [6.07, 6.45) is 1.86. The second kappa shape index (κ2) is 7.93. The van der Waals surface area contributed by atoms with Gasteiger partial charge in [0.25, 0.3) is 0 Å². The Hall–Kier alpha value is -1.98. The van der Waals surface area contributed by atoms with E-state index in [4.69, 9.17) is 21.1 Å². The molecule has 1 saturated heterocycles. The van der Waals surface area contributed by atoms with Crippen LogP contribution < -0.4 is 4.90 Å². The number of hydrogen-bond acceptors (Lipinski definition) is 4. The molecule has 1 aromatic heterocycles. The molecular formula is C19H23ClN2O3. The van der Waals surface area contributed by atoms with Crippen molar-refractivity contribution in [2.75, 3.05) is 37.8 Å². The first-order valence-electron chi connectivity index (χ1n) is 8.53. The van der Waals surface area contributed by atoms with Crippen molar-refractivity contribution in [1.82, 2.24) is 4.98 Å². The molecule has 0 saturated carbocycles. The predicted molar refractivity (Wildman–Crippen MR) is 99.4 cm³/mol. The number of hydrogen-bond donors (Lipinski definition) is 1. The molecule has 5 nitrogen and oxygen atoms in total. The monoisotopic (exact) mass is 362 g/mol. The van der Waals surface area contributed by atoms with Crippen molar-refractivity contribution in [3.8, 4) is 11.1 Å². The average molecular weight is 363 g/mol. The first kappa shape index (κ1) is 17.8. The Labute approximate surface area is 152 Å². The van der Waals surface area contributed by atoms with Gasteiger partial charge in [-0.2, -0.15) is 0 Å². The molecule has 1 aliphatic heterocycles. The number of ether oxygens (including phenoxy) is 2. The normalized spacial score (nSPS) is 14.8. The van der Waals surface area contributed by atoms with Crippen molar-refractivity contribution in [3.63, 3.8) is 0 Å². The van der Waals surface area contributed by atoms with Crippen molar-refractivity contribution in [2.24, 2.45) is 5.92 Å². The number of anilines is 1. The summed E-state index contributed by atoms with van der Waals surface area (Å²) in [7, 11) is 0. The molecule has 0 radical (unpaired) electrons. The lowest BCUT2D eigenvalue weighted by Gasteiger charge is -2.30. The van der Waals surface area contributed by atoms with Gasteiger partial charge in [-0.25, -0.2) is 4.79 Å². The van der Waals surface area contributed by atoms with Gasteiger partial charge in [-0.15, -0.1) is 0 Å². The van der Waals surface area contributed by atoms with E-state index in [0.29, 0.717) is 36.5 Å². The van der Waals surface area contributed by atoms with E-state index in [9.17, 15) is 4.79 Å². The molecule has 1 N–H and O–H groups in total. The minimum atomic E-state index is -0.324. The number of nitrogens with zero attached hydrogens (tertiary/aromatic N) is 1. The Morgan fingerprint density at radius 1 is 1.28 bits per heavy atom. The van der Waals surface area contributed by atoms with Crippen LogP contribution in [0, 0.1) is 5.92 Å². The van der Waals surface area contributed by atoms with E-state index in [1.807, 2.05) is 44.3 Å². The minimum Gasteiger partial charge on any atom is -0.461 e. The first-order chi connectivity index (χ1) is 12.1. The fourth-order valence-electron chi connectivity index (χ4n) is 2.85. The first-order valence-corrected chi connectivity index (χ1v) is 8.91. The third-order valence-corrected chi connectivity index (χ3v) is 4.34. The van der Waals surface area contributed by atoms with E-state index in [-0.39, 0.29) is 5.97 Å². The Balaban J connectivity index is 1.97. The summed E-state index contributed by atoms with van der Waals surface area (Å²) < 4.78 is 10.9. The Kier molecular flexibility index (Phi) is 5.66. The summed E-state index contributed by atoms with van der Waals surface area (Å²) in [6, 6.07) is 7.62. The molecule has 6 heteroatoms.